The minimum Gasteiger partial charge on any atom is -0.350 e. The second-order valence-corrected chi connectivity index (χ2v) is 5.88. The highest BCUT2D eigenvalue weighted by Gasteiger charge is 2.55. The number of Topliss-reactive ketones (excluding diaryl/α,β-unsaturated/α-hetero) is 1. The van der Waals surface area contributed by atoms with Crippen molar-refractivity contribution in [3.05, 3.63) is 0 Å². The van der Waals surface area contributed by atoms with E-state index in [9.17, 15) is 4.79 Å². The smallest absolute Gasteiger partial charge is 0.169 e. The Labute approximate surface area is 97.5 Å². The Morgan fingerprint density at radius 1 is 1.38 bits per heavy atom. The minimum absolute atomic E-state index is 0.0505. The molecule has 1 unspecified atom stereocenters. The van der Waals surface area contributed by atoms with Crippen molar-refractivity contribution >= 4 is 5.78 Å². The van der Waals surface area contributed by atoms with Crippen LogP contribution in [0.25, 0.3) is 0 Å². The summed E-state index contributed by atoms with van der Waals surface area (Å²) in [4.78, 5) is 11.8. The molecule has 1 heterocycles. The van der Waals surface area contributed by atoms with Crippen LogP contribution in [-0.4, -0.2) is 24.8 Å². The molecule has 1 aliphatic carbocycles. The molecule has 1 saturated carbocycles. The highest BCUT2D eigenvalue weighted by atomic mass is 16.7. The first kappa shape index (κ1) is 12.1. The van der Waals surface area contributed by atoms with Crippen LogP contribution in [0.15, 0.2) is 0 Å². The molecule has 0 spiro atoms. The van der Waals surface area contributed by atoms with Gasteiger partial charge in [0.2, 0.25) is 0 Å². The fraction of sp³-hybridized carbons (Fsp3) is 0.923. The van der Waals surface area contributed by atoms with E-state index < -0.39 is 5.79 Å². The van der Waals surface area contributed by atoms with Gasteiger partial charge in [-0.15, -0.1) is 0 Å². The lowest BCUT2D eigenvalue weighted by atomic mass is 9.63. The molecule has 2 aliphatic rings. The van der Waals surface area contributed by atoms with Crippen LogP contribution < -0.4 is 0 Å². The molecule has 0 aromatic rings. The lowest BCUT2D eigenvalue weighted by Gasteiger charge is -2.42. The summed E-state index contributed by atoms with van der Waals surface area (Å²) in [6, 6.07) is 0. The van der Waals surface area contributed by atoms with E-state index in [0.717, 1.165) is 6.61 Å². The molecule has 0 amide bonds. The first-order valence-electron chi connectivity index (χ1n) is 6.18. The monoisotopic (exact) mass is 226 g/mol. The molecular formula is C13H22O3. The number of rotatable bonds is 2. The van der Waals surface area contributed by atoms with Crippen LogP contribution >= 0.6 is 0 Å². The van der Waals surface area contributed by atoms with Crippen LogP contribution in [0, 0.1) is 17.3 Å². The number of carbonyl (C=O) groups excluding carboxylic acids is 1. The molecule has 92 valence electrons. The first-order valence-corrected chi connectivity index (χ1v) is 6.18. The van der Waals surface area contributed by atoms with Gasteiger partial charge in [0.15, 0.2) is 5.79 Å². The molecular weight excluding hydrogens is 204 g/mol. The molecule has 0 aromatic heterocycles. The van der Waals surface area contributed by atoms with Gasteiger partial charge in [-0.1, -0.05) is 13.8 Å². The summed E-state index contributed by atoms with van der Waals surface area (Å²) in [5.41, 5.74) is 0.0505. The molecule has 2 fully saturated rings. The summed E-state index contributed by atoms with van der Waals surface area (Å²) in [6.07, 6.45) is 1.30. The predicted molar refractivity (Wildman–Crippen MR) is 61.0 cm³/mol. The van der Waals surface area contributed by atoms with E-state index in [-0.39, 0.29) is 11.3 Å². The molecule has 0 bridgehead atoms. The van der Waals surface area contributed by atoms with Crippen LogP contribution in [0.3, 0.4) is 0 Å². The van der Waals surface area contributed by atoms with E-state index in [0.29, 0.717) is 31.1 Å². The van der Waals surface area contributed by atoms with Crippen molar-refractivity contribution < 1.29 is 14.3 Å². The molecule has 0 N–H and O–H groups in total. The van der Waals surface area contributed by atoms with E-state index in [1.165, 1.54) is 0 Å². The van der Waals surface area contributed by atoms with Gasteiger partial charge in [0, 0.05) is 25.4 Å². The third-order valence-corrected chi connectivity index (χ3v) is 4.24. The third-order valence-electron chi connectivity index (χ3n) is 4.24. The summed E-state index contributed by atoms with van der Waals surface area (Å²) in [7, 11) is 0. The Kier molecular flexibility index (Phi) is 2.87. The maximum atomic E-state index is 11.8. The molecule has 1 aliphatic heterocycles. The summed E-state index contributed by atoms with van der Waals surface area (Å²) in [5, 5.41) is 0. The zero-order chi connectivity index (χ0) is 12.0. The fourth-order valence-electron chi connectivity index (χ4n) is 3.33. The second kappa shape index (κ2) is 3.81. The predicted octanol–water partition coefficient (Wildman–Crippen LogP) is 2.39. The third kappa shape index (κ3) is 1.80. The Balaban J connectivity index is 2.24. The quantitative estimate of drug-likeness (QED) is 0.725. The van der Waals surface area contributed by atoms with Gasteiger partial charge >= 0.3 is 0 Å². The Morgan fingerprint density at radius 3 is 2.69 bits per heavy atom. The summed E-state index contributed by atoms with van der Waals surface area (Å²) >= 11 is 0. The van der Waals surface area contributed by atoms with Crippen molar-refractivity contribution in [1.29, 1.82) is 0 Å². The van der Waals surface area contributed by atoms with Crippen LogP contribution in [0.5, 0.6) is 0 Å². The highest BCUT2D eigenvalue weighted by molar-refractivity contribution is 5.80. The summed E-state index contributed by atoms with van der Waals surface area (Å²) < 4.78 is 11.6. The van der Waals surface area contributed by atoms with Crippen LogP contribution in [-0.2, 0) is 14.3 Å². The lowest BCUT2D eigenvalue weighted by Crippen LogP contribution is -2.45. The van der Waals surface area contributed by atoms with Crippen molar-refractivity contribution in [3.8, 4) is 0 Å². The van der Waals surface area contributed by atoms with E-state index in [4.69, 9.17) is 9.47 Å². The molecule has 3 atom stereocenters. The van der Waals surface area contributed by atoms with Gasteiger partial charge in [0.05, 0.1) is 6.61 Å². The maximum Gasteiger partial charge on any atom is 0.169 e. The molecule has 2 rings (SSSR count). The number of hydrogen-bond donors (Lipinski definition) is 0. The van der Waals surface area contributed by atoms with Gasteiger partial charge in [-0.3, -0.25) is 4.79 Å². The van der Waals surface area contributed by atoms with E-state index in [2.05, 4.69) is 13.8 Å². The van der Waals surface area contributed by atoms with Gasteiger partial charge in [-0.05, 0) is 25.2 Å². The van der Waals surface area contributed by atoms with Crippen molar-refractivity contribution in [3.63, 3.8) is 0 Å². The van der Waals surface area contributed by atoms with Gasteiger partial charge in [-0.25, -0.2) is 0 Å². The van der Waals surface area contributed by atoms with Crippen molar-refractivity contribution in [1.82, 2.24) is 0 Å². The standard InChI is InChI=1S/C13H22O3/c1-5-15-13(4)10-6-9(14)7-12(2,3)11(10)8-16-13/h10-11H,5-8H2,1-4H3/t10-,11?,13-/m0/s1. The number of hydrogen-bond acceptors (Lipinski definition) is 3. The topological polar surface area (TPSA) is 35.5 Å². The van der Waals surface area contributed by atoms with Gasteiger partial charge in [0.25, 0.3) is 0 Å². The molecule has 3 heteroatoms. The van der Waals surface area contributed by atoms with E-state index >= 15 is 0 Å². The molecule has 1 saturated heterocycles. The van der Waals surface area contributed by atoms with Crippen molar-refractivity contribution in [2.24, 2.45) is 17.3 Å². The largest absolute Gasteiger partial charge is 0.350 e. The molecule has 0 aromatic carbocycles. The zero-order valence-corrected chi connectivity index (χ0v) is 10.7. The highest BCUT2D eigenvalue weighted by Crippen LogP contribution is 2.52. The molecule has 0 radical (unpaired) electrons. The van der Waals surface area contributed by atoms with Crippen LogP contribution in [0.4, 0.5) is 0 Å². The number of fused-ring (bicyclic) bond motifs is 1. The van der Waals surface area contributed by atoms with Gasteiger partial charge < -0.3 is 9.47 Å². The average Bonchev–Trinajstić information content (AvgIpc) is 2.44. The van der Waals surface area contributed by atoms with Gasteiger partial charge in [0.1, 0.15) is 5.78 Å². The average molecular weight is 226 g/mol. The zero-order valence-electron chi connectivity index (χ0n) is 10.7. The normalized spacial score (nSPS) is 42.1. The Morgan fingerprint density at radius 2 is 2.06 bits per heavy atom. The summed E-state index contributed by atoms with van der Waals surface area (Å²) in [6.45, 7) is 9.65. The Hall–Kier alpha value is -0.410. The molecule has 16 heavy (non-hydrogen) atoms. The SMILES string of the molecule is CCO[C@@]1(C)OCC2[C@@H]1CC(=O)CC2(C)C. The number of ketones is 1. The maximum absolute atomic E-state index is 11.8. The number of ether oxygens (including phenoxy) is 2. The van der Waals surface area contributed by atoms with Crippen molar-refractivity contribution in [2.75, 3.05) is 13.2 Å². The Bertz CT molecular complexity index is 298. The minimum atomic E-state index is -0.549. The lowest BCUT2D eigenvalue weighted by molar-refractivity contribution is -0.218. The van der Waals surface area contributed by atoms with E-state index in [1.54, 1.807) is 0 Å². The van der Waals surface area contributed by atoms with E-state index in [1.807, 2.05) is 13.8 Å². The van der Waals surface area contributed by atoms with Crippen molar-refractivity contribution in [2.45, 2.75) is 46.3 Å². The number of carbonyl (C=O) groups is 1. The fourth-order valence-corrected chi connectivity index (χ4v) is 3.33. The summed E-state index contributed by atoms with van der Waals surface area (Å²) in [5.74, 6) is 0.473. The molecule has 3 nitrogen and oxygen atoms in total. The first-order chi connectivity index (χ1) is 7.39. The second-order valence-electron chi connectivity index (χ2n) is 5.88. The van der Waals surface area contributed by atoms with Gasteiger partial charge in [-0.2, -0.15) is 0 Å². The van der Waals surface area contributed by atoms with Crippen LogP contribution in [0.1, 0.15) is 40.5 Å². The van der Waals surface area contributed by atoms with Crippen LogP contribution in [0.2, 0.25) is 0 Å².